The molecule has 0 aliphatic heterocycles. The van der Waals surface area contributed by atoms with Gasteiger partial charge in [-0.25, -0.2) is 0 Å². The molecule has 0 radical (unpaired) electrons. The Labute approximate surface area is 172 Å². The first-order chi connectivity index (χ1) is 14.1. The van der Waals surface area contributed by atoms with Crippen LogP contribution in [0, 0.1) is 6.92 Å². The van der Waals surface area contributed by atoms with Crippen LogP contribution < -0.4 is 14.8 Å². The van der Waals surface area contributed by atoms with Crippen molar-refractivity contribution in [3.05, 3.63) is 95.1 Å². The minimum atomic E-state index is -0.184. The molecule has 4 heteroatoms. The van der Waals surface area contributed by atoms with E-state index in [2.05, 4.69) is 36.5 Å². The average molecular weight is 389 g/mol. The molecule has 3 aromatic rings. The Kier molecular flexibility index (Phi) is 6.90. The second-order valence-electron chi connectivity index (χ2n) is 6.97. The highest BCUT2D eigenvalue weighted by Crippen LogP contribution is 2.31. The maximum absolute atomic E-state index is 12.8. The molecule has 0 bridgehead atoms. The van der Waals surface area contributed by atoms with Gasteiger partial charge in [-0.3, -0.25) is 4.79 Å². The van der Waals surface area contributed by atoms with E-state index in [0.717, 1.165) is 16.7 Å². The zero-order chi connectivity index (χ0) is 20.6. The number of nitrogens with one attached hydrogen (secondary N) is 1. The number of methoxy groups -OCH3 is 2. The summed E-state index contributed by atoms with van der Waals surface area (Å²) in [6.07, 6.45) is 0.931. The van der Waals surface area contributed by atoms with Gasteiger partial charge in [0.2, 0.25) is 5.91 Å². The smallest absolute Gasteiger partial charge is 0.221 e. The van der Waals surface area contributed by atoms with E-state index >= 15 is 0 Å². The number of benzene rings is 3. The molecule has 0 aliphatic rings. The number of hydrogen-bond acceptors (Lipinski definition) is 3. The SMILES string of the molecule is COc1cccc(CCC(=O)N[C@H](c2ccccc2)c2ccc(C)cc2)c1OC. The monoisotopic (exact) mass is 389 g/mol. The van der Waals surface area contributed by atoms with Crippen molar-refractivity contribution in [2.24, 2.45) is 0 Å². The van der Waals surface area contributed by atoms with Gasteiger partial charge in [0.05, 0.1) is 20.3 Å². The fourth-order valence-electron chi connectivity index (χ4n) is 3.40. The largest absolute Gasteiger partial charge is 0.493 e. The van der Waals surface area contributed by atoms with Gasteiger partial charge in [0.25, 0.3) is 0 Å². The van der Waals surface area contributed by atoms with Gasteiger partial charge in [-0.15, -0.1) is 0 Å². The van der Waals surface area contributed by atoms with Gasteiger partial charge < -0.3 is 14.8 Å². The standard InChI is InChI=1S/C25H27NO3/c1-18-12-14-20(15-13-18)24(19-8-5-4-6-9-19)26-23(27)17-16-21-10-7-11-22(28-2)25(21)29-3/h4-15,24H,16-17H2,1-3H3,(H,26,27)/t24-/m1/s1. The van der Waals surface area contributed by atoms with Crippen molar-refractivity contribution >= 4 is 5.91 Å². The van der Waals surface area contributed by atoms with Gasteiger partial charge in [-0.2, -0.15) is 0 Å². The zero-order valence-electron chi connectivity index (χ0n) is 17.1. The summed E-state index contributed by atoms with van der Waals surface area (Å²) in [6, 6.07) is 23.8. The average Bonchev–Trinajstić information content (AvgIpc) is 2.77. The van der Waals surface area contributed by atoms with E-state index in [-0.39, 0.29) is 11.9 Å². The summed E-state index contributed by atoms with van der Waals surface area (Å²) in [5.74, 6) is 1.34. The van der Waals surface area contributed by atoms with E-state index in [1.165, 1.54) is 5.56 Å². The Bertz CT molecular complexity index is 936. The Hall–Kier alpha value is -3.27. The van der Waals surface area contributed by atoms with Gasteiger partial charge in [-0.05, 0) is 36.1 Å². The first kappa shape index (κ1) is 20.5. The third-order valence-electron chi connectivity index (χ3n) is 4.95. The molecule has 1 atom stereocenters. The second-order valence-corrected chi connectivity index (χ2v) is 6.97. The number of amides is 1. The topological polar surface area (TPSA) is 47.6 Å². The molecule has 0 aliphatic carbocycles. The van der Waals surface area contributed by atoms with Crippen LogP contribution in [0.3, 0.4) is 0 Å². The summed E-state index contributed by atoms with van der Waals surface area (Å²) < 4.78 is 10.8. The molecule has 0 saturated heterocycles. The van der Waals surface area contributed by atoms with Crippen molar-refractivity contribution in [2.45, 2.75) is 25.8 Å². The maximum atomic E-state index is 12.8. The van der Waals surface area contributed by atoms with E-state index in [1.807, 2.05) is 48.5 Å². The molecule has 29 heavy (non-hydrogen) atoms. The quantitative estimate of drug-likeness (QED) is 0.599. The molecule has 3 rings (SSSR count). The highest BCUT2D eigenvalue weighted by molar-refractivity contribution is 5.77. The molecule has 1 amide bonds. The van der Waals surface area contributed by atoms with E-state index < -0.39 is 0 Å². The van der Waals surface area contributed by atoms with Gasteiger partial charge in [0.15, 0.2) is 11.5 Å². The molecule has 0 heterocycles. The fraction of sp³-hybridized carbons (Fsp3) is 0.240. The van der Waals surface area contributed by atoms with Crippen LogP contribution in [-0.2, 0) is 11.2 Å². The van der Waals surface area contributed by atoms with E-state index in [9.17, 15) is 4.79 Å². The van der Waals surface area contributed by atoms with Crippen molar-refractivity contribution in [1.82, 2.24) is 5.32 Å². The summed E-state index contributed by atoms with van der Waals surface area (Å²) in [6.45, 7) is 2.06. The van der Waals surface area contributed by atoms with Crippen molar-refractivity contribution in [1.29, 1.82) is 0 Å². The van der Waals surface area contributed by atoms with Crippen LogP contribution in [0.5, 0.6) is 11.5 Å². The molecular formula is C25H27NO3. The first-order valence-electron chi connectivity index (χ1n) is 9.73. The maximum Gasteiger partial charge on any atom is 0.221 e. The summed E-state index contributed by atoms with van der Waals surface area (Å²) in [4.78, 5) is 12.8. The first-order valence-corrected chi connectivity index (χ1v) is 9.73. The van der Waals surface area contributed by atoms with Crippen molar-refractivity contribution in [2.75, 3.05) is 14.2 Å². The number of rotatable bonds is 8. The molecule has 150 valence electrons. The lowest BCUT2D eigenvalue weighted by Crippen LogP contribution is -2.29. The minimum absolute atomic E-state index is 0.00991. The van der Waals surface area contributed by atoms with Crippen molar-refractivity contribution < 1.29 is 14.3 Å². The Morgan fingerprint density at radius 2 is 1.55 bits per heavy atom. The lowest BCUT2D eigenvalue weighted by atomic mass is 9.97. The normalized spacial score (nSPS) is 11.6. The predicted molar refractivity (Wildman–Crippen MR) is 115 cm³/mol. The lowest BCUT2D eigenvalue weighted by molar-refractivity contribution is -0.121. The molecule has 0 saturated carbocycles. The molecular weight excluding hydrogens is 362 g/mol. The molecule has 3 aromatic carbocycles. The fourth-order valence-corrected chi connectivity index (χ4v) is 3.40. The number of hydrogen-bond donors (Lipinski definition) is 1. The van der Waals surface area contributed by atoms with E-state index in [1.54, 1.807) is 14.2 Å². The molecule has 0 fully saturated rings. The van der Waals surface area contributed by atoms with Crippen molar-refractivity contribution in [3.8, 4) is 11.5 Å². The number of carbonyl (C=O) groups excluding carboxylic acids is 1. The third kappa shape index (κ3) is 5.17. The van der Waals surface area contributed by atoms with E-state index in [4.69, 9.17) is 9.47 Å². The lowest BCUT2D eigenvalue weighted by Gasteiger charge is -2.20. The van der Waals surface area contributed by atoms with Crippen LogP contribution >= 0.6 is 0 Å². The van der Waals surface area contributed by atoms with Crippen LogP contribution in [0.25, 0.3) is 0 Å². The zero-order valence-corrected chi connectivity index (χ0v) is 17.1. The van der Waals surface area contributed by atoms with Gasteiger partial charge in [-0.1, -0.05) is 72.3 Å². The van der Waals surface area contributed by atoms with Gasteiger partial charge >= 0.3 is 0 Å². The van der Waals surface area contributed by atoms with Crippen LogP contribution in [-0.4, -0.2) is 20.1 Å². The number of carbonyl (C=O) groups is 1. The second kappa shape index (κ2) is 9.78. The number of aryl methyl sites for hydroxylation is 2. The molecule has 0 unspecified atom stereocenters. The Morgan fingerprint density at radius 3 is 2.21 bits per heavy atom. The minimum Gasteiger partial charge on any atom is -0.493 e. The Morgan fingerprint density at radius 1 is 0.862 bits per heavy atom. The van der Waals surface area contributed by atoms with Crippen molar-refractivity contribution in [3.63, 3.8) is 0 Å². The van der Waals surface area contributed by atoms with Crippen LogP contribution in [0.4, 0.5) is 0 Å². The van der Waals surface area contributed by atoms with Crippen LogP contribution in [0.1, 0.15) is 34.7 Å². The molecule has 4 nitrogen and oxygen atoms in total. The highest BCUT2D eigenvalue weighted by atomic mass is 16.5. The summed E-state index contributed by atoms with van der Waals surface area (Å²) in [5.41, 5.74) is 4.27. The molecule has 0 aromatic heterocycles. The van der Waals surface area contributed by atoms with Gasteiger partial charge in [0.1, 0.15) is 0 Å². The molecule has 0 spiro atoms. The summed E-state index contributed by atoms with van der Waals surface area (Å²) >= 11 is 0. The summed E-state index contributed by atoms with van der Waals surface area (Å²) in [5, 5.41) is 3.19. The molecule has 1 N–H and O–H groups in total. The van der Waals surface area contributed by atoms with Crippen LogP contribution in [0.15, 0.2) is 72.8 Å². The van der Waals surface area contributed by atoms with E-state index in [0.29, 0.717) is 24.3 Å². The highest BCUT2D eigenvalue weighted by Gasteiger charge is 2.17. The summed E-state index contributed by atoms with van der Waals surface area (Å²) in [7, 11) is 3.23. The number of para-hydroxylation sites is 1. The van der Waals surface area contributed by atoms with Crippen LogP contribution in [0.2, 0.25) is 0 Å². The Balaban J connectivity index is 1.75. The number of ether oxygens (including phenoxy) is 2. The van der Waals surface area contributed by atoms with Gasteiger partial charge in [0, 0.05) is 6.42 Å². The predicted octanol–water partition coefficient (Wildman–Crippen LogP) is 4.85. The third-order valence-corrected chi connectivity index (χ3v) is 4.95.